The van der Waals surface area contributed by atoms with Crippen molar-refractivity contribution >= 4 is 5.69 Å². The predicted molar refractivity (Wildman–Crippen MR) is 61.9 cm³/mol. The van der Waals surface area contributed by atoms with E-state index in [4.69, 9.17) is 0 Å². The van der Waals surface area contributed by atoms with Crippen LogP contribution < -0.4 is 5.32 Å². The summed E-state index contributed by atoms with van der Waals surface area (Å²) in [5.41, 5.74) is 5.73. The van der Waals surface area contributed by atoms with Crippen molar-refractivity contribution in [1.29, 1.82) is 0 Å². The van der Waals surface area contributed by atoms with Crippen LogP contribution in [0.2, 0.25) is 0 Å². The van der Waals surface area contributed by atoms with Gasteiger partial charge >= 0.3 is 0 Å². The van der Waals surface area contributed by atoms with Gasteiger partial charge < -0.3 is 5.32 Å². The molecule has 0 radical (unpaired) electrons. The van der Waals surface area contributed by atoms with Gasteiger partial charge in [0.2, 0.25) is 0 Å². The van der Waals surface area contributed by atoms with Crippen LogP contribution in [-0.2, 0) is 6.42 Å². The zero-order chi connectivity index (χ0) is 10.1. The van der Waals surface area contributed by atoms with E-state index in [1.54, 1.807) is 0 Å². The molecule has 0 aliphatic carbocycles. The van der Waals surface area contributed by atoms with Gasteiger partial charge in [-0.3, -0.25) is 0 Å². The number of benzene rings is 1. The van der Waals surface area contributed by atoms with E-state index in [1.165, 1.54) is 41.6 Å². The molecule has 1 heterocycles. The molecule has 1 nitrogen and oxygen atoms in total. The van der Waals surface area contributed by atoms with Gasteiger partial charge in [0.15, 0.2) is 0 Å². The quantitative estimate of drug-likeness (QED) is 0.713. The van der Waals surface area contributed by atoms with Crippen molar-refractivity contribution in [2.45, 2.75) is 46.1 Å². The average Bonchev–Trinajstić information content (AvgIpc) is 2.23. The Labute approximate surface area is 86.5 Å². The first-order valence-corrected chi connectivity index (χ1v) is 5.58. The van der Waals surface area contributed by atoms with Crippen LogP contribution in [0.15, 0.2) is 12.1 Å². The van der Waals surface area contributed by atoms with Gasteiger partial charge in [0.1, 0.15) is 0 Å². The Morgan fingerprint density at radius 1 is 1.36 bits per heavy atom. The number of nitrogens with one attached hydrogen (secondary N) is 1. The standard InChI is InChI=1S/C13H19N/c1-4-12-8-7-11-6-5-9(2)10(3)13(11)14-12/h5-6,12,14H,4,7-8H2,1-3H3. The van der Waals surface area contributed by atoms with E-state index < -0.39 is 0 Å². The molecule has 0 aromatic heterocycles. The predicted octanol–water partition coefficient (Wildman–Crippen LogP) is 3.44. The molecule has 1 atom stereocenters. The lowest BCUT2D eigenvalue weighted by atomic mass is 9.92. The highest BCUT2D eigenvalue weighted by Crippen LogP contribution is 2.30. The summed E-state index contributed by atoms with van der Waals surface area (Å²) < 4.78 is 0. The van der Waals surface area contributed by atoms with Crippen LogP contribution >= 0.6 is 0 Å². The maximum atomic E-state index is 3.66. The van der Waals surface area contributed by atoms with Crippen LogP contribution in [0, 0.1) is 13.8 Å². The molecule has 1 heteroatoms. The van der Waals surface area contributed by atoms with E-state index in [1.807, 2.05) is 0 Å². The topological polar surface area (TPSA) is 12.0 Å². The van der Waals surface area contributed by atoms with E-state index in [9.17, 15) is 0 Å². The fraction of sp³-hybridized carbons (Fsp3) is 0.538. The average molecular weight is 189 g/mol. The second-order valence-corrected chi connectivity index (χ2v) is 4.33. The van der Waals surface area contributed by atoms with Gasteiger partial charge in [-0.2, -0.15) is 0 Å². The third-order valence-electron chi connectivity index (χ3n) is 3.43. The first kappa shape index (κ1) is 9.57. The fourth-order valence-electron chi connectivity index (χ4n) is 2.19. The van der Waals surface area contributed by atoms with Crippen LogP contribution in [0.4, 0.5) is 5.69 Å². The summed E-state index contributed by atoms with van der Waals surface area (Å²) in [6.07, 6.45) is 3.75. The fourth-order valence-corrected chi connectivity index (χ4v) is 2.19. The van der Waals surface area contributed by atoms with E-state index >= 15 is 0 Å². The van der Waals surface area contributed by atoms with Gasteiger partial charge in [-0.05, 0) is 49.8 Å². The molecule has 0 bridgehead atoms. The van der Waals surface area contributed by atoms with Crippen LogP contribution in [0.5, 0.6) is 0 Å². The molecule has 1 aliphatic rings. The molecule has 76 valence electrons. The van der Waals surface area contributed by atoms with Crippen molar-refractivity contribution < 1.29 is 0 Å². The molecule has 1 aromatic rings. The second kappa shape index (κ2) is 3.64. The molecule has 1 unspecified atom stereocenters. The Balaban J connectivity index is 2.38. The molecular weight excluding hydrogens is 170 g/mol. The lowest BCUT2D eigenvalue weighted by Crippen LogP contribution is -2.25. The maximum Gasteiger partial charge on any atom is 0.0407 e. The molecule has 1 N–H and O–H groups in total. The number of hydrogen-bond donors (Lipinski definition) is 1. The molecular formula is C13H19N. The smallest absolute Gasteiger partial charge is 0.0407 e. The number of rotatable bonds is 1. The first-order chi connectivity index (χ1) is 6.72. The number of anilines is 1. The summed E-state index contributed by atoms with van der Waals surface area (Å²) in [6.45, 7) is 6.67. The molecule has 0 amide bonds. The van der Waals surface area contributed by atoms with Crippen molar-refractivity contribution in [1.82, 2.24) is 0 Å². The summed E-state index contributed by atoms with van der Waals surface area (Å²) >= 11 is 0. The van der Waals surface area contributed by atoms with E-state index in [2.05, 4.69) is 38.2 Å². The van der Waals surface area contributed by atoms with Crippen LogP contribution in [0.3, 0.4) is 0 Å². The second-order valence-electron chi connectivity index (χ2n) is 4.33. The van der Waals surface area contributed by atoms with E-state index in [-0.39, 0.29) is 0 Å². The minimum Gasteiger partial charge on any atom is -0.382 e. The van der Waals surface area contributed by atoms with Gasteiger partial charge in [0, 0.05) is 11.7 Å². The Kier molecular flexibility index (Phi) is 2.49. The third kappa shape index (κ3) is 1.52. The maximum absolute atomic E-state index is 3.66. The molecule has 1 aromatic carbocycles. The van der Waals surface area contributed by atoms with E-state index in [0.717, 1.165) is 0 Å². The molecule has 0 saturated heterocycles. The summed E-state index contributed by atoms with van der Waals surface area (Å²) in [7, 11) is 0. The summed E-state index contributed by atoms with van der Waals surface area (Å²) in [4.78, 5) is 0. The molecule has 0 fully saturated rings. The first-order valence-electron chi connectivity index (χ1n) is 5.58. The van der Waals surface area contributed by atoms with Gasteiger partial charge in [0.25, 0.3) is 0 Å². The van der Waals surface area contributed by atoms with Gasteiger partial charge in [-0.25, -0.2) is 0 Å². The Morgan fingerprint density at radius 2 is 2.14 bits per heavy atom. The van der Waals surface area contributed by atoms with E-state index in [0.29, 0.717) is 6.04 Å². The molecule has 1 aliphatic heterocycles. The number of hydrogen-bond acceptors (Lipinski definition) is 1. The minimum atomic E-state index is 0.683. The van der Waals surface area contributed by atoms with Crippen molar-refractivity contribution in [2.24, 2.45) is 0 Å². The van der Waals surface area contributed by atoms with Crippen LogP contribution in [0.25, 0.3) is 0 Å². The summed E-state index contributed by atoms with van der Waals surface area (Å²) in [6, 6.07) is 5.20. The minimum absolute atomic E-state index is 0.683. The van der Waals surface area contributed by atoms with Crippen molar-refractivity contribution in [2.75, 3.05) is 5.32 Å². The Morgan fingerprint density at radius 3 is 2.86 bits per heavy atom. The highest BCUT2D eigenvalue weighted by atomic mass is 14.9. The lowest BCUT2D eigenvalue weighted by molar-refractivity contribution is 0.613. The number of aryl methyl sites for hydroxylation is 2. The SMILES string of the molecule is CCC1CCc2ccc(C)c(C)c2N1. The van der Waals surface area contributed by atoms with Gasteiger partial charge in [-0.1, -0.05) is 19.1 Å². The molecule has 0 saturated carbocycles. The van der Waals surface area contributed by atoms with Gasteiger partial charge in [0.05, 0.1) is 0 Å². The van der Waals surface area contributed by atoms with Crippen molar-refractivity contribution in [3.8, 4) is 0 Å². The highest BCUT2D eigenvalue weighted by Gasteiger charge is 2.17. The summed E-state index contributed by atoms with van der Waals surface area (Å²) in [5, 5.41) is 3.66. The summed E-state index contributed by atoms with van der Waals surface area (Å²) in [5.74, 6) is 0. The molecule has 0 spiro atoms. The third-order valence-corrected chi connectivity index (χ3v) is 3.43. The zero-order valence-corrected chi connectivity index (χ0v) is 9.35. The number of fused-ring (bicyclic) bond motifs is 1. The van der Waals surface area contributed by atoms with Crippen LogP contribution in [0.1, 0.15) is 36.5 Å². The Bertz CT molecular complexity index is 341. The van der Waals surface area contributed by atoms with Crippen LogP contribution in [-0.4, -0.2) is 6.04 Å². The zero-order valence-electron chi connectivity index (χ0n) is 9.35. The lowest BCUT2D eigenvalue weighted by Gasteiger charge is -2.28. The highest BCUT2D eigenvalue weighted by molar-refractivity contribution is 5.61. The van der Waals surface area contributed by atoms with Gasteiger partial charge in [-0.15, -0.1) is 0 Å². The molecule has 2 rings (SSSR count). The largest absolute Gasteiger partial charge is 0.382 e. The monoisotopic (exact) mass is 189 g/mol. The molecule has 14 heavy (non-hydrogen) atoms. The van der Waals surface area contributed by atoms with Crippen molar-refractivity contribution in [3.05, 3.63) is 28.8 Å². The van der Waals surface area contributed by atoms with Crippen molar-refractivity contribution in [3.63, 3.8) is 0 Å². The normalized spacial score (nSPS) is 20.1. The Hall–Kier alpha value is -0.980.